The Morgan fingerprint density at radius 1 is 1.17 bits per heavy atom. The maximum atomic E-state index is 10.1. The van der Waals surface area contributed by atoms with Crippen molar-refractivity contribution >= 4 is 0 Å². The van der Waals surface area contributed by atoms with Crippen LogP contribution in [0.25, 0.3) is 0 Å². The van der Waals surface area contributed by atoms with E-state index in [0.717, 1.165) is 55.4 Å². The minimum absolute atomic E-state index is 0.342. The lowest BCUT2D eigenvalue weighted by molar-refractivity contribution is 0.0596. The highest BCUT2D eigenvalue weighted by Gasteiger charge is 2.50. The SMILES string of the molecule is C=C1/C(=C\C=C2/CCC[C@]3(C)C([C@H](C)CCCC(C)(C)O)CC[C@@H]23)CCC[C@@H]1O. The van der Waals surface area contributed by atoms with Crippen molar-refractivity contribution in [2.75, 3.05) is 0 Å². The number of allylic oxidation sites excluding steroid dienone is 3. The quantitative estimate of drug-likeness (QED) is 0.518. The Morgan fingerprint density at radius 2 is 1.93 bits per heavy atom. The smallest absolute Gasteiger partial charge is 0.0787 e. The molecule has 3 aliphatic carbocycles. The molecule has 2 nitrogen and oxygen atoms in total. The molecular formula is C27H44O2. The van der Waals surface area contributed by atoms with E-state index in [0.29, 0.717) is 5.41 Å². The van der Waals surface area contributed by atoms with Gasteiger partial charge in [-0.3, -0.25) is 0 Å². The number of fused-ring (bicyclic) bond motifs is 1. The molecule has 2 heteroatoms. The third kappa shape index (κ3) is 5.25. The fraction of sp³-hybridized carbons (Fsp3) is 0.778. The summed E-state index contributed by atoms with van der Waals surface area (Å²) in [7, 11) is 0. The lowest BCUT2D eigenvalue weighted by Crippen LogP contribution is -2.36. The molecule has 164 valence electrons. The summed E-state index contributed by atoms with van der Waals surface area (Å²) in [5.74, 6) is 2.26. The molecule has 0 amide bonds. The molecule has 0 radical (unpaired) electrons. The predicted octanol–water partition coefficient (Wildman–Crippen LogP) is 6.73. The zero-order valence-corrected chi connectivity index (χ0v) is 19.3. The summed E-state index contributed by atoms with van der Waals surface area (Å²) < 4.78 is 0. The van der Waals surface area contributed by atoms with Crippen LogP contribution in [0, 0.1) is 23.2 Å². The largest absolute Gasteiger partial charge is 0.390 e. The molecule has 3 aliphatic rings. The standard InChI is InChI=1S/C27H44O2/c1-19(9-7-17-26(3,4)29)23-15-16-24-22(11-8-18-27(23,24)5)14-13-21-10-6-12-25(28)20(21)2/h13-14,19,23-25,28-29H,2,6-12,15-18H2,1,3-5H3/b21-13-,22-14+/t19-,23?,24+,25+,27-/m1/s1. The van der Waals surface area contributed by atoms with E-state index >= 15 is 0 Å². The molecular weight excluding hydrogens is 356 g/mol. The van der Waals surface area contributed by atoms with Crippen molar-refractivity contribution in [3.8, 4) is 0 Å². The van der Waals surface area contributed by atoms with Crippen molar-refractivity contribution in [3.63, 3.8) is 0 Å². The van der Waals surface area contributed by atoms with Gasteiger partial charge in [0.05, 0.1) is 11.7 Å². The lowest BCUT2D eigenvalue weighted by atomic mass is 9.60. The minimum Gasteiger partial charge on any atom is -0.390 e. The van der Waals surface area contributed by atoms with Gasteiger partial charge in [0.1, 0.15) is 0 Å². The van der Waals surface area contributed by atoms with Crippen LogP contribution >= 0.6 is 0 Å². The number of hydrogen-bond donors (Lipinski definition) is 2. The van der Waals surface area contributed by atoms with Crippen LogP contribution < -0.4 is 0 Å². The normalized spacial score (nSPS) is 37.2. The van der Waals surface area contributed by atoms with Gasteiger partial charge in [0.25, 0.3) is 0 Å². The fourth-order valence-electron chi connectivity index (χ4n) is 6.70. The molecule has 0 aromatic heterocycles. The highest BCUT2D eigenvalue weighted by atomic mass is 16.3. The average Bonchev–Trinajstić information content (AvgIpc) is 2.99. The Morgan fingerprint density at radius 3 is 2.66 bits per heavy atom. The van der Waals surface area contributed by atoms with Gasteiger partial charge in [-0.1, -0.05) is 51.0 Å². The summed E-state index contributed by atoms with van der Waals surface area (Å²) in [4.78, 5) is 0. The Bertz CT molecular complexity index is 650. The summed E-state index contributed by atoms with van der Waals surface area (Å²) >= 11 is 0. The average molecular weight is 401 g/mol. The van der Waals surface area contributed by atoms with E-state index in [1.165, 1.54) is 44.1 Å². The Labute approximate surface area is 179 Å². The summed E-state index contributed by atoms with van der Waals surface area (Å²) in [5.41, 5.74) is 3.74. The third-order valence-electron chi connectivity index (χ3n) is 8.41. The summed E-state index contributed by atoms with van der Waals surface area (Å²) in [5, 5.41) is 20.2. The summed E-state index contributed by atoms with van der Waals surface area (Å²) in [6.07, 6.45) is 17.2. The van der Waals surface area contributed by atoms with Gasteiger partial charge >= 0.3 is 0 Å². The monoisotopic (exact) mass is 400 g/mol. The maximum absolute atomic E-state index is 10.1. The van der Waals surface area contributed by atoms with Crippen molar-refractivity contribution in [2.45, 2.75) is 110 Å². The molecule has 3 saturated carbocycles. The summed E-state index contributed by atoms with van der Waals surface area (Å²) in [6, 6.07) is 0. The van der Waals surface area contributed by atoms with Gasteiger partial charge in [0.15, 0.2) is 0 Å². The predicted molar refractivity (Wildman–Crippen MR) is 123 cm³/mol. The Kier molecular flexibility index (Phi) is 7.16. The molecule has 29 heavy (non-hydrogen) atoms. The van der Waals surface area contributed by atoms with Crippen molar-refractivity contribution in [2.24, 2.45) is 23.2 Å². The van der Waals surface area contributed by atoms with Crippen LogP contribution in [0.2, 0.25) is 0 Å². The second-order valence-electron chi connectivity index (χ2n) is 11.1. The maximum Gasteiger partial charge on any atom is 0.0787 e. The van der Waals surface area contributed by atoms with Gasteiger partial charge in [-0.05, 0) is 106 Å². The first-order chi connectivity index (χ1) is 13.6. The molecule has 2 N–H and O–H groups in total. The van der Waals surface area contributed by atoms with Gasteiger partial charge in [-0.15, -0.1) is 0 Å². The molecule has 0 aliphatic heterocycles. The molecule has 0 spiro atoms. The molecule has 0 bridgehead atoms. The number of aliphatic hydroxyl groups excluding tert-OH is 1. The highest BCUT2D eigenvalue weighted by Crippen LogP contribution is 2.60. The second kappa shape index (κ2) is 9.10. The first-order valence-corrected chi connectivity index (χ1v) is 12.1. The van der Waals surface area contributed by atoms with E-state index in [1.54, 1.807) is 5.57 Å². The van der Waals surface area contributed by atoms with Gasteiger partial charge in [-0.2, -0.15) is 0 Å². The van der Waals surface area contributed by atoms with Crippen molar-refractivity contribution in [1.82, 2.24) is 0 Å². The van der Waals surface area contributed by atoms with Gasteiger partial charge in [0, 0.05) is 0 Å². The van der Waals surface area contributed by atoms with Crippen LogP contribution in [0.1, 0.15) is 98.3 Å². The number of rotatable bonds is 6. The van der Waals surface area contributed by atoms with Crippen LogP contribution in [-0.2, 0) is 0 Å². The molecule has 0 aromatic carbocycles. The number of aliphatic hydroxyl groups is 2. The van der Waals surface area contributed by atoms with Gasteiger partial charge < -0.3 is 10.2 Å². The molecule has 1 unspecified atom stereocenters. The summed E-state index contributed by atoms with van der Waals surface area (Å²) in [6.45, 7) is 13.0. The zero-order valence-electron chi connectivity index (χ0n) is 19.3. The van der Waals surface area contributed by atoms with Crippen LogP contribution in [0.3, 0.4) is 0 Å². The van der Waals surface area contributed by atoms with Crippen LogP contribution in [-0.4, -0.2) is 21.9 Å². The molecule has 0 aromatic rings. The third-order valence-corrected chi connectivity index (χ3v) is 8.41. The first kappa shape index (κ1) is 22.8. The van der Waals surface area contributed by atoms with Gasteiger partial charge in [0.2, 0.25) is 0 Å². The molecule has 5 atom stereocenters. The molecule has 3 fully saturated rings. The van der Waals surface area contributed by atoms with E-state index in [-0.39, 0.29) is 6.10 Å². The Hall–Kier alpha value is -0.860. The van der Waals surface area contributed by atoms with Gasteiger partial charge in [-0.25, -0.2) is 0 Å². The zero-order chi connectivity index (χ0) is 21.2. The topological polar surface area (TPSA) is 40.5 Å². The first-order valence-electron chi connectivity index (χ1n) is 12.1. The molecule has 0 saturated heterocycles. The van der Waals surface area contributed by atoms with E-state index in [4.69, 9.17) is 0 Å². The van der Waals surface area contributed by atoms with E-state index in [1.807, 2.05) is 13.8 Å². The van der Waals surface area contributed by atoms with Crippen LogP contribution in [0.4, 0.5) is 0 Å². The van der Waals surface area contributed by atoms with Crippen LogP contribution in [0.5, 0.6) is 0 Å². The molecule has 3 rings (SSSR count). The number of hydrogen-bond acceptors (Lipinski definition) is 2. The van der Waals surface area contributed by atoms with E-state index < -0.39 is 5.60 Å². The Balaban J connectivity index is 1.68. The highest BCUT2D eigenvalue weighted by molar-refractivity contribution is 5.37. The van der Waals surface area contributed by atoms with E-state index in [2.05, 4.69) is 32.6 Å². The van der Waals surface area contributed by atoms with Crippen LogP contribution in [0.15, 0.2) is 35.5 Å². The van der Waals surface area contributed by atoms with E-state index in [9.17, 15) is 10.2 Å². The van der Waals surface area contributed by atoms with Crippen molar-refractivity contribution in [1.29, 1.82) is 0 Å². The minimum atomic E-state index is -0.535. The fourth-order valence-corrected chi connectivity index (χ4v) is 6.70. The second-order valence-corrected chi connectivity index (χ2v) is 11.1. The lowest BCUT2D eigenvalue weighted by Gasteiger charge is -2.44. The molecule has 0 heterocycles. The van der Waals surface area contributed by atoms with Crippen molar-refractivity contribution in [3.05, 3.63) is 35.5 Å². The van der Waals surface area contributed by atoms with Crippen molar-refractivity contribution < 1.29 is 10.2 Å².